The molecule has 12 nitrogen and oxygen atoms in total. The Balaban J connectivity index is 2.28. The Morgan fingerprint density at radius 2 is 1.47 bits per heavy atom. The van der Waals surface area contributed by atoms with Gasteiger partial charge in [0.25, 0.3) is 0 Å². The highest BCUT2D eigenvalue weighted by Gasteiger charge is 2.30. The number of carboxylic acids is 1. The Morgan fingerprint density at radius 3 is 1.97 bits per heavy atom. The van der Waals surface area contributed by atoms with Crippen molar-refractivity contribution in [1.82, 2.24) is 25.9 Å². The summed E-state index contributed by atoms with van der Waals surface area (Å²) in [5, 5.41) is 26.8. The third-order valence-electron chi connectivity index (χ3n) is 5.36. The van der Waals surface area contributed by atoms with Crippen molar-refractivity contribution >= 4 is 23.7 Å². The predicted molar refractivity (Wildman–Crippen MR) is 131 cm³/mol. The number of nitrogens with one attached hydrogen (secondary N) is 4. The van der Waals surface area contributed by atoms with E-state index in [9.17, 15) is 29.4 Å². The highest BCUT2D eigenvalue weighted by atomic mass is 16.4. The molecule has 0 saturated heterocycles. The summed E-state index contributed by atoms with van der Waals surface area (Å²) >= 11 is 0. The number of nitrogens with zero attached hydrogens (tertiary/aromatic N) is 1. The SMILES string of the molecule is CC(C)CC(NC(=O)C(Cc1ccc(O)cc1)NC(=O)C(Cc1cnc[nH]1)NC(=O)C(C)N)C(=O)O. The minimum atomic E-state index is -1.19. The van der Waals surface area contributed by atoms with Gasteiger partial charge in [-0.2, -0.15) is 0 Å². The highest BCUT2D eigenvalue weighted by molar-refractivity contribution is 5.94. The molecule has 0 spiro atoms. The van der Waals surface area contributed by atoms with Crippen LogP contribution in [0, 0.1) is 5.92 Å². The number of carbonyl (C=O) groups is 4. The van der Waals surface area contributed by atoms with E-state index in [2.05, 4.69) is 25.9 Å². The molecular weight excluding hydrogens is 468 g/mol. The van der Waals surface area contributed by atoms with Gasteiger partial charge in [-0.1, -0.05) is 26.0 Å². The van der Waals surface area contributed by atoms with Crippen molar-refractivity contribution in [2.24, 2.45) is 11.7 Å². The summed E-state index contributed by atoms with van der Waals surface area (Å²) in [5.74, 6) is -3.06. The van der Waals surface area contributed by atoms with Crippen molar-refractivity contribution in [3.05, 3.63) is 48.0 Å². The van der Waals surface area contributed by atoms with Gasteiger partial charge in [0.2, 0.25) is 17.7 Å². The van der Waals surface area contributed by atoms with Crippen LogP contribution in [-0.2, 0) is 32.0 Å². The molecule has 0 bridgehead atoms. The van der Waals surface area contributed by atoms with Crippen LogP contribution in [0.15, 0.2) is 36.8 Å². The lowest BCUT2D eigenvalue weighted by Crippen LogP contribution is -2.58. The number of imidazole rings is 1. The molecule has 8 N–H and O–H groups in total. The molecule has 1 aromatic heterocycles. The van der Waals surface area contributed by atoms with Crippen molar-refractivity contribution < 1.29 is 29.4 Å². The van der Waals surface area contributed by atoms with Crippen LogP contribution in [0.4, 0.5) is 0 Å². The summed E-state index contributed by atoms with van der Waals surface area (Å²) in [6, 6.07) is 1.80. The van der Waals surface area contributed by atoms with E-state index < -0.39 is 47.9 Å². The fourth-order valence-electron chi connectivity index (χ4n) is 3.44. The molecule has 0 saturated carbocycles. The molecule has 0 aliphatic rings. The van der Waals surface area contributed by atoms with E-state index in [4.69, 9.17) is 5.73 Å². The first-order valence-electron chi connectivity index (χ1n) is 11.6. The number of aromatic amines is 1. The number of amides is 3. The summed E-state index contributed by atoms with van der Waals surface area (Å²) in [4.78, 5) is 57.1. The number of aromatic hydroxyl groups is 1. The first-order valence-corrected chi connectivity index (χ1v) is 11.6. The summed E-state index contributed by atoms with van der Waals surface area (Å²) in [7, 11) is 0. The van der Waals surface area contributed by atoms with Crippen molar-refractivity contribution in [3.63, 3.8) is 0 Å². The molecule has 2 rings (SSSR count). The average molecular weight is 503 g/mol. The van der Waals surface area contributed by atoms with E-state index in [1.54, 1.807) is 12.1 Å². The molecule has 2 aromatic rings. The van der Waals surface area contributed by atoms with Gasteiger partial charge in [-0.05, 0) is 37.0 Å². The van der Waals surface area contributed by atoms with Gasteiger partial charge in [-0.15, -0.1) is 0 Å². The highest BCUT2D eigenvalue weighted by Crippen LogP contribution is 2.13. The van der Waals surface area contributed by atoms with Crippen LogP contribution >= 0.6 is 0 Å². The lowest BCUT2D eigenvalue weighted by Gasteiger charge is -2.25. The monoisotopic (exact) mass is 502 g/mol. The summed E-state index contributed by atoms with van der Waals surface area (Å²) in [5.41, 5.74) is 6.83. The molecule has 0 aliphatic carbocycles. The van der Waals surface area contributed by atoms with Crippen molar-refractivity contribution in [1.29, 1.82) is 0 Å². The molecule has 0 fully saturated rings. The van der Waals surface area contributed by atoms with E-state index in [0.717, 1.165) is 0 Å². The third-order valence-corrected chi connectivity index (χ3v) is 5.36. The number of phenols is 1. The lowest BCUT2D eigenvalue weighted by molar-refractivity contribution is -0.142. The Bertz CT molecular complexity index is 1020. The van der Waals surface area contributed by atoms with Gasteiger partial charge in [0.15, 0.2) is 0 Å². The first-order chi connectivity index (χ1) is 17.0. The molecule has 1 heterocycles. The van der Waals surface area contributed by atoms with E-state index in [1.807, 2.05) is 13.8 Å². The van der Waals surface area contributed by atoms with Crippen LogP contribution < -0.4 is 21.7 Å². The van der Waals surface area contributed by atoms with Gasteiger partial charge in [-0.3, -0.25) is 14.4 Å². The molecular formula is C24H34N6O6. The van der Waals surface area contributed by atoms with Crippen molar-refractivity contribution in [2.45, 2.75) is 64.2 Å². The Kier molecular flexibility index (Phi) is 10.4. The van der Waals surface area contributed by atoms with Gasteiger partial charge < -0.3 is 36.9 Å². The van der Waals surface area contributed by atoms with E-state index in [0.29, 0.717) is 11.3 Å². The number of carboxylic acid groups (broad SMARTS) is 1. The Labute approximate surface area is 209 Å². The predicted octanol–water partition coefficient (Wildman–Crippen LogP) is -0.167. The molecule has 0 radical (unpaired) electrons. The zero-order valence-electron chi connectivity index (χ0n) is 20.5. The maximum Gasteiger partial charge on any atom is 0.326 e. The van der Waals surface area contributed by atoms with Crippen molar-refractivity contribution in [3.8, 4) is 5.75 Å². The van der Waals surface area contributed by atoms with Crippen LogP contribution in [0.25, 0.3) is 0 Å². The average Bonchev–Trinajstić information content (AvgIpc) is 3.31. The quantitative estimate of drug-likeness (QED) is 0.196. The zero-order chi connectivity index (χ0) is 26.8. The number of hydrogen-bond acceptors (Lipinski definition) is 7. The minimum Gasteiger partial charge on any atom is -0.508 e. The Morgan fingerprint density at radius 1 is 0.917 bits per heavy atom. The number of rotatable bonds is 13. The second-order valence-corrected chi connectivity index (χ2v) is 9.09. The second-order valence-electron chi connectivity index (χ2n) is 9.09. The maximum atomic E-state index is 13.2. The molecule has 3 amide bonds. The normalized spacial score (nSPS) is 14.4. The number of aromatic nitrogens is 2. The number of phenolic OH excluding ortho intramolecular Hbond substituents is 1. The van der Waals surface area contributed by atoms with Crippen LogP contribution in [0.5, 0.6) is 5.75 Å². The van der Waals surface area contributed by atoms with E-state index in [-0.39, 0.29) is 30.9 Å². The number of nitrogens with two attached hydrogens (primary N) is 1. The van der Waals surface area contributed by atoms with Gasteiger partial charge in [0, 0.05) is 24.7 Å². The summed E-state index contributed by atoms with van der Waals surface area (Å²) in [6.07, 6.45) is 3.21. The van der Waals surface area contributed by atoms with Gasteiger partial charge in [0.05, 0.1) is 12.4 Å². The van der Waals surface area contributed by atoms with Gasteiger partial charge in [-0.25, -0.2) is 9.78 Å². The van der Waals surface area contributed by atoms with Gasteiger partial charge in [0.1, 0.15) is 23.9 Å². The summed E-state index contributed by atoms with van der Waals surface area (Å²) < 4.78 is 0. The van der Waals surface area contributed by atoms with Crippen LogP contribution in [0.2, 0.25) is 0 Å². The third kappa shape index (κ3) is 9.02. The topological polar surface area (TPSA) is 200 Å². The van der Waals surface area contributed by atoms with Crippen LogP contribution in [0.3, 0.4) is 0 Å². The minimum absolute atomic E-state index is 0.00351. The second kappa shape index (κ2) is 13.2. The van der Waals surface area contributed by atoms with E-state index in [1.165, 1.54) is 31.6 Å². The molecule has 1 aromatic carbocycles. The number of carbonyl (C=O) groups excluding carboxylic acids is 3. The smallest absolute Gasteiger partial charge is 0.326 e. The molecule has 36 heavy (non-hydrogen) atoms. The largest absolute Gasteiger partial charge is 0.508 e. The molecule has 0 aliphatic heterocycles. The number of benzene rings is 1. The van der Waals surface area contributed by atoms with Crippen molar-refractivity contribution in [2.75, 3.05) is 0 Å². The fraction of sp³-hybridized carbons (Fsp3) is 0.458. The van der Waals surface area contributed by atoms with Crippen LogP contribution in [0.1, 0.15) is 38.4 Å². The number of hydrogen-bond donors (Lipinski definition) is 7. The first kappa shape index (κ1) is 28.3. The zero-order valence-corrected chi connectivity index (χ0v) is 20.5. The maximum absolute atomic E-state index is 13.2. The fourth-order valence-corrected chi connectivity index (χ4v) is 3.44. The molecule has 4 atom stereocenters. The van der Waals surface area contributed by atoms with Gasteiger partial charge >= 0.3 is 5.97 Å². The molecule has 12 heteroatoms. The number of aliphatic carboxylic acids is 1. The van der Waals surface area contributed by atoms with E-state index >= 15 is 0 Å². The summed E-state index contributed by atoms with van der Waals surface area (Å²) in [6.45, 7) is 5.14. The number of H-pyrrole nitrogens is 1. The van der Waals surface area contributed by atoms with Crippen LogP contribution in [-0.4, -0.2) is 68.0 Å². The lowest BCUT2D eigenvalue weighted by atomic mass is 10.0. The molecule has 196 valence electrons. The Hall–Kier alpha value is -3.93. The molecule has 4 unspecified atom stereocenters. The standard InChI is InChI=1S/C24H34N6O6/c1-13(2)8-20(24(35)36)30-22(33)18(9-15-4-6-17(31)7-5-15)29-23(34)19(28-21(32)14(3)25)10-16-11-26-12-27-16/h4-7,11-14,18-20,31H,8-10,25H2,1-3H3,(H,26,27)(H,28,32)(H,29,34)(H,30,33)(H,35,36).